The molecule has 0 N–H and O–H groups in total. The van der Waals surface area contributed by atoms with E-state index in [0.717, 1.165) is 67.5 Å². The smallest absolute Gasteiger partial charge is 0.493 e. The van der Waals surface area contributed by atoms with Crippen LogP contribution in [0.1, 0.15) is 397 Å². The number of nitrogens with zero attached hydrogens (tertiary/aromatic N) is 2. The summed E-state index contributed by atoms with van der Waals surface area (Å²) in [5.74, 6) is 0. The number of hydrogen-bond acceptors (Lipinski definition) is 0. The van der Waals surface area contributed by atoms with E-state index in [1.54, 1.807) is 0 Å². The maximum absolute atomic E-state index is 11.3. The average Bonchev–Trinajstić information content (AvgIpc) is 3.82. The minimum absolute atomic E-state index is 0. The van der Waals surface area contributed by atoms with Gasteiger partial charge in [0.05, 0.1) is 0 Å². The van der Waals surface area contributed by atoms with Gasteiger partial charge in [0.2, 0.25) is 11.4 Å². The standard InChI is InChI=1S/C28H36N2.2C25H51.Ni/c1-4-7-12-22-14-10-17-24(19-22)27-21-26(16-9-6-3)28(30(27)29)25-18-11-15-23(20-25)13-8-5-2;2*1-3-5-7-9-11-13-15-17-19-21-23-25-24-22-20-18-16-14-12-10-8-6-4-2;/h10-11,14-15,17-21H,4-9,12-13,16H2,1-3H3;2*1,3-25H2,2H3;/q;2*-1;+2. The van der Waals surface area contributed by atoms with Crippen molar-refractivity contribution in [2.45, 2.75) is 388 Å². The van der Waals surface area contributed by atoms with Crippen LogP contribution < -0.4 is 0 Å². The molecular weight excluding hydrogens is 1020 g/mol. The molecule has 2 aromatic rings. The SMILES string of the molecule is CCCCC1=C(c2cccc(CCCC)c2)[N+](=[N-])C(c2cccc(CCCC)c2)=C1.[CH2-]CCCCCCCCCCCCCCCCCCCCCCCC.[CH2-]CCCCCCCCCCCCCCCCCCCCCCCC.[Ni+2]. The fourth-order valence-corrected chi connectivity index (χ4v) is 11.7. The Kier molecular flexibility index (Phi) is 61.0. The molecule has 3 heteroatoms. The van der Waals surface area contributed by atoms with Crippen molar-refractivity contribution in [3.8, 4) is 0 Å². The third kappa shape index (κ3) is 46.9. The number of hydrogen-bond donors (Lipinski definition) is 0. The number of benzene rings is 2. The summed E-state index contributed by atoms with van der Waals surface area (Å²) in [6.45, 7) is 19.1. The molecule has 2 aromatic carbocycles. The molecule has 2 nitrogen and oxygen atoms in total. The summed E-state index contributed by atoms with van der Waals surface area (Å²) >= 11 is 0. The van der Waals surface area contributed by atoms with Crippen molar-refractivity contribution in [3.63, 3.8) is 0 Å². The largest absolute Gasteiger partial charge is 2.00 e. The molecule has 1 aliphatic heterocycles. The number of allylic oxidation sites excluding steroid dienone is 2. The molecule has 0 spiro atoms. The minimum atomic E-state index is 0. The zero-order valence-corrected chi connectivity index (χ0v) is 56.2. The molecule has 1 heterocycles. The first kappa shape index (κ1) is 79.0. The second kappa shape index (κ2) is 62.5. The van der Waals surface area contributed by atoms with Gasteiger partial charge in [-0.2, -0.15) is 12.8 Å². The van der Waals surface area contributed by atoms with Gasteiger partial charge in [0.15, 0.2) is 0 Å². The molecule has 470 valence electrons. The first-order chi connectivity index (χ1) is 39.5. The molecule has 1 aliphatic rings. The molecule has 0 saturated carbocycles. The summed E-state index contributed by atoms with van der Waals surface area (Å²) < 4.78 is 1.43. The van der Waals surface area contributed by atoms with Crippen LogP contribution in [-0.4, -0.2) is 4.70 Å². The molecule has 0 amide bonds. The van der Waals surface area contributed by atoms with Gasteiger partial charge >= 0.3 is 16.5 Å². The Morgan fingerprint density at radius 2 is 0.556 bits per heavy atom. The molecule has 0 aliphatic carbocycles. The van der Waals surface area contributed by atoms with E-state index in [9.17, 15) is 5.53 Å². The maximum atomic E-state index is 11.3. The van der Waals surface area contributed by atoms with E-state index in [4.69, 9.17) is 0 Å². The molecule has 3 rings (SSSR count). The van der Waals surface area contributed by atoms with Gasteiger partial charge in [-0.05, 0) is 73.9 Å². The Labute approximate surface area is 519 Å². The second-order valence-electron chi connectivity index (χ2n) is 25.0. The number of unbranched alkanes of at least 4 members (excludes halogenated alkanes) is 47. The van der Waals surface area contributed by atoms with Gasteiger partial charge in [-0.1, -0.05) is 361 Å². The fraction of sp³-hybridized carbons (Fsp3) is 0.769. The van der Waals surface area contributed by atoms with Crippen molar-refractivity contribution < 1.29 is 21.2 Å². The number of aryl methyl sites for hydroxylation is 2. The maximum Gasteiger partial charge on any atom is 2.00 e. The van der Waals surface area contributed by atoms with Gasteiger partial charge in [0.25, 0.3) is 0 Å². The van der Waals surface area contributed by atoms with E-state index < -0.39 is 0 Å². The van der Waals surface area contributed by atoms with Crippen molar-refractivity contribution in [1.82, 2.24) is 0 Å². The van der Waals surface area contributed by atoms with Gasteiger partial charge in [-0.25, -0.2) is 4.70 Å². The summed E-state index contributed by atoms with van der Waals surface area (Å²) in [6.07, 6.45) is 79.0. The Morgan fingerprint density at radius 3 is 0.840 bits per heavy atom. The van der Waals surface area contributed by atoms with Gasteiger partial charge in [0, 0.05) is 22.8 Å². The van der Waals surface area contributed by atoms with Crippen molar-refractivity contribution in [2.75, 3.05) is 0 Å². The van der Waals surface area contributed by atoms with Gasteiger partial charge in [0.1, 0.15) is 0 Å². The van der Waals surface area contributed by atoms with Crippen molar-refractivity contribution in [1.29, 1.82) is 0 Å². The van der Waals surface area contributed by atoms with Crippen LogP contribution in [0.2, 0.25) is 0 Å². The third-order valence-corrected chi connectivity index (χ3v) is 17.1. The minimum Gasteiger partial charge on any atom is -0.493 e. The molecule has 0 saturated heterocycles. The van der Waals surface area contributed by atoms with Crippen LogP contribution >= 0.6 is 0 Å². The van der Waals surface area contributed by atoms with Crippen LogP contribution in [0.15, 0.2) is 60.2 Å². The van der Waals surface area contributed by atoms with Crippen LogP contribution in [0.3, 0.4) is 0 Å². The Balaban J connectivity index is 0.00000119. The Bertz CT molecular complexity index is 1600. The third-order valence-electron chi connectivity index (χ3n) is 17.1. The average molecular weight is 1160 g/mol. The summed E-state index contributed by atoms with van der Waals surface area (Å²) in [6, 6.07) is 17.4. The molecular formula is C78H138N2Ni. The molecule has 81 heavy (non-hydrogen) atoms. The molecule has 0 aromatic heterocycles. The Morgan fingerprint density at radius 1 is 0.309 bits per heavy atom. The van der Waals surface area contributed by atoms with Gasteiger partial charge < -0.3 is 19.4 Å². The molecule has 0 atom stereocenters. The zero-order valence-electron chi connectivity index (χ0n) is 55.2. The summed E-state index contributed by atoms with van der Waals surface area (Å²) in [5.41, 5.74) is 19.3. The molecule has 0 unspecified atom stereocenters. The van der Waals surface area contributed by atoms with Crippen LogP contribution in [0.5, 0.6) is 0 Å². The topological polar surface area (TPSA) is 25.3 Å². The van der Waals surface area contributed by atoms with E-state index in [1.807, 2.05) is 0 Å². The van der Waals surface area contributed by atoms with E-state index in [0.29, 0.717) is 0 Å². The first-order valence-electron chi connectivity index (χ1n) is 36.2. The van der Waals surface area contributed by atoms with Gasteiger partial charge in [-0.15, -0.1) is 0 Å². The van der Waals surface area contributed by atoms with Crippen LogP contribution in [0, 0.1) is 13.8 Å². The van der Waals surface area contributed by atoms with Crippen LogP contribution in [0.4, 0.5) is 0 Å². The van der Waals surface area contributed by atoms with Gasteiger partial charge in [-0.3, -0.25) is 0 Å². The molecule has 0 bridgehead atoms. The van der Waals surface area contributed by atoms with Crippen LogP contribution in [0.25, 0.3) is 16.9 Å². The summed E-state index contributed by atoms with van der Waals surface area (Å²) in [4.78, 5) is 0. The van der Waals surface area contributed by atoms with Crippen molar-refractivity contribution >= 4 is 11.4 Å². The molecule has 0 radical (unpaired) electrons. The quantitative estimate of drug-likeness (QED) is 0.0273. The zero-order chi connectivity index (χ0) is 57.9. The van der Waals surface area contributed by atoms with Crippen molar-refractivity contribution in [3.05, 3.63) is 102 Å². The predicted octanol–water partition coefficient (Wildman–Crippen LogP) is 28.0. The van der Waals surface area contributed by atoms with E-state index >= 15 is 0 Å². The Hall–Kier alpha value is -1.99. The van der Waals surface area contributed by atoms with E-state index in [2.05, 4.69) is 103 Å². The number of rotatable bonds is 55. The van der Waals surface area contributed by atoms with E-state index in [1.165, 1.54) is 330 Å². The van der Waals surface area contributed by atoms with Crippen LogP contribution in [-0.2, 0) is 29.3 Å². The predicted molar refractivity (Wildman–Crippen MR) is 363 cm³/mol. The summed E-state index contributed by atoms with van der Waals surface area (Å²) in [7, 11) is 0. The second-order valence-corrected chi connectivity index (χ2v) is 25.0. The molecule has 0 fully saturated rings. The summed E-state index contributed by atoms with van der Waals surface area (Å²) in [5, 5.41) is 0. The monoisotopic (exact) mass is 1160 g/mol. The van der Waals surface area contributed by atoms with E-state index in [-0.39, 0.29) is 16.5 Å². The first-order valence-corrected chi connectivity index (χ1v) is 36.2. The fourth-order valence-electron chi connectivity index (χ4n) is 11.7. The normalized spacial score (nSPS) is 12.1. The van der Waals surface area contributed by atoms with Crippen molar-refractivity contribution in [2.24, 2.45) is 0 Å².